The van der Waals surface area contributed by atoms with Gasteiger partial charge in [-0.1, -0.05) is 12.1 Å². The summed E-state index contributed by atoms with van der Waals surface area (Å²) in [4.78, 5) is 52.2. The monoisotopic (exact) mass is 340 g/mol. The van der Waals surface area contributed by atoms with E-state index in [4.69, 9.17) is 0 Å². The van der Waals surface area contributed by atoms with Gasteiger partial charge in [0.05, 0.1) is 23.2 Å². The largest absolute Gasteiger partial charge is 0.336 e. The Labute approximate surface area is 142 Å². The van der Waals surface area contributed by atoms with Crippen LogP contribution in [-0.2, 0) is 17.8 Å². The minimum Gasteiger partial charge on any atom is -0.336 e. The first-order chi connectivity index (χ1) is 12.0. The zero-order valence-corrected chi connectivity index (χ0v) is 13.5. The highest BCUT2D eigenvalue weighted by Gasteiger charge is 2.42. The summed E-state index contributed by atoms with van der Waals surface area (Å²) in [5.41, 5.74) is 1.70. The number of benzene rings is 1. The molecule has 0 fully saturated rings. The van der Waals surface area contributed by atoms with Crippen LogP contribution in [0.2, 0.25) is 0 Å². The van der Waals surface area contributed by atoms with Crippen LogP contribution >= 0.6 is 0 Å². The number of carbonyl (C=O) groups excluding carboxylic acids is 3. The van der Waals surface area contributed by atoms with E-state index in [-0.39, 0.29) is 18.0 Å². The molecule has 8 heteroatoms. The molecule has 3 amide bonds. The molecule has 0 saturated carbocycles. The zero-order valence-electron chi connectivity index (χ0n) is 13.5. The maximum Gasteiger partial charge on any atom is 0.269 e. The lowest BCUT2D eigenvalue weighted by molar-refractivity contribution is -0.135. The molecule has 128 valence electrons. The summed E-state index contributed by atoms with van der Waals surface area (Å²) in [6.45, 7) is 2.13. The van der Waals surface area contributed by atoms with Crippen molar-refractivity contribution in [2.75, 3.05) is 6.54 Å². The molecule has 1 aromatic carbocycles. The van der Waals surface area contributed by atoms with Gasteiger partial charge in [-0.3, -0.25) is 29.2 Å². The van der Waals surface area contributed by atoms with Gasteiger partial charge in [0, 0.05) is 18.7 Å². The molecule has 3 heterocycles. The second-order valence-corrected chi connectivity index (χ2v) is 6.25. The molecule has 2 aromatic rings. The average Bonchev–Trinajstić information content (AvgIpc) is 3.12. The van der Waals surface area contributed by atoms with Gasteiger partial charge >= 0.3 is 0 Å². The SMILES string of the molecule is CC(C(=O)N1CCc2[nH][nH]c(=O)c2C1)N1C(=O)c2ccccc2C1=O. The standard InChI is InChI=1S/C17H16N4O4/c1-9(21-16(24)10-4-2-3-5-11(10)17(21)25)15(23)20-7-6-13-12(8-20)14(22)19-18-13/h2-5,9H,6-8H2,1H3,(H2,18,19,22). The molecular formula is C17H16N4O4. The summed E-state index contributed by atoms with van der Waals surface area (Å²) in [7, 11) is 0. The van der Waals surface area contributed by atoms with Gasteiger partial charge in [-0.15, -0.1) is 0 Å². The number of nitrogens with zero attached hydrogens (tertiary/aromatic N) is 2. The smallest absolute Gasteiger partial charge is 0.269 e. The Morgan fingerprint density at radius 3 is 2.36 bits per heavy atom. The maximum atomic E-state index is 12.8. The van der Waals surface area contributed by atoms with E-state index < -0.39 is 17.9 Å². The summed E-state index contributed by atoms with van der Waals surface area (Å²) in [6, 6.07) is 5.61. The highest BCUT2D eigenvalue weighted by Crippen LogP contribution is 2.25. The number of amides is 3. The summed E-state index contributed by atoms with van der Waals surface area (Å²) in [5, 5.41) is 5.31. The molecule has 2 N–H and O–H groups in total. The third-order valence-corrected chi connectivity index (χ3v) is 4.83. The predicted molar refractivity (Wildman–Crippen MR) is 86.9 cm³/mol. The highest BCUT2D eigenvalue weighted by molar-refractivity contribution is 6.22. The second kappa shape index (κ2) is 5.44. The number of aromatic nitrogens is 2. The van der Waals surface area contributed by atoms with Crippen LogP contribution in [0.4, 0.5) is 0 Å². The van der Waals surface area contributed by atoms with Crippen molar-refractivity contribution < 1.29 is 14.4 Å². The number of nitrogens with one attached hydrogen (secondary N) is 2. The van der Waals surface area contributed by atoms with Crippen LogP contribution < -0.4 is 5.56 Å². The minimum atomic E-state index is -0.924. The van der Waals surface area contributed by atoms with Crippen molar-refractivity contribution in [1.82, 2.24) is 20.0 Å². The van der Waals surface area contributed by atoms with E-state index in [2.05, 4.69) is 10.2 Å². The Kier molecular flexibility index (Phi) is 3.34. The van der Waals surface area contributed by atoms with E-state index in [1.165, 1.54) is 4.90 Å². The molecule has 0 bridgehead atoms. The van der Waals surface area contributed by atoms with Crippen molar-refractivity contribution in [3.63, 3.8) is 0 Å². The average molecular weight is 340 g/mol. The molecule has 0 aliphatic carbocycles. The molecule has 1 unspecified atom stereocenters. The van der Waals surface area contributed by atoms with Crippen LogP contribution in [0.15, 0.2) is 29.1 Å². The molecule has 1 atom stereocenters. The minimum absolute atomic E-state index is 0.167. The first-order valence-electron chi connectivity index (χ1n) is 8.03. The number of rotatable bonds is 2. The van der Waals surface area contributed by atoms with Crippen LogP contribution in [0.3, 0.4) is 0 Å². The normalized spacial score (nSPS) is 17.5. The fourth-order valence-electron chi connectivity index (χ4n) is 3.44. The number of carbonyl (C=O) groups is 3. The molecule has 0 spiro atoms. The third-order valence-electron chi connectivity index (χ3n) is 4.83. The Balaban J connectivity index is 1.58. The second-order valence-electron chi connectivity index (χ2n) is 6.25. The Morgan fingerprint density at radius 1 is 1.08 bits per heavy atom. The van der Waals surface area contributed by atoms with Crippen molar-refractivity contribution in [3.05, 3.63) is 57.0 Å². The van der Waals surface area contributed by atoms with Gasteiger partial charge in [-0.2, -0.15) is 0 Å². The number of imide groups is 1. The summed E-state index contributed by atoms with van der Waals surface area (Å²) < 4.78 is 0. The molecule has 0 radical (unpaired) electrons. The molecule has 25 heavy (non-hydrogen) atoms. The lowest BCUT2D eigenvalue weighted by atomic mass is 10.1. The molecule has 8 nitrogen and oxygen atoms in total. The van der Waals surface area contributed by atoms with Crippen LogP contribution in [0.25, 0.3) is 0 Å². The zero-order chi connectivity index (χ0) is 17.7. The van der Waals surface area contributed by atoms with E-state index in [0.29, 0.717) is 29.7 Å². The highest BCUT2D eigenvalue weighted by atomic mass is 16.2. The molecule has 4 rings (SSSR count). The Bertz CT molecular complexity index is 923. The molecule has 2 aliphatic rings. The summed E-state index contributed by atoms with van der Waals surface area (Å²) in [5.74, 6) is -1.27. The van der Waals surface area contributed by atoms with Gasteiger partial charge in [0.1, 0.15) is 6.04 Å². The number of H-pyrrole nitrogens is 2. The quantitative estimate of drug-likeness (QED) is 0.766. The Hall–Kier alpha value is -3.16. The summed E-state index contributed by atoms with van der Waals surface area (Å²) in [6.07, 6.45) is 0.522. The fraction of sp³-hybridized carbons (Fsp3) is 0.294. The fourth-order valence-corrected chi connectivity index (χ4v) is 3.44. The van der Waals surface area contributed by atoms with Crippen molar-refractivity contribution in [1.29, 1.82) is 0 Å². The van der Waals surface area contributed by atoms with E-state index >= 15 is 0 Å². The number of hydrogen-bond donors (Lipinski definition) is 2. The van der Waals surface area contributed by atoms with Gasteiger partial charge in [0.15, 0.2) is 0 Å². The van der Waals surface area contributed by atoms with Crippen molar-refractivity contribution in [2.45, 2.75) is 25.9 Å². The van der Waals surface area contributed by atoms with E-state index in [1.54, 1.807) is 31.2 Å². The molecule has 2 aliphatic heterocycles. The first-order valence-corrected chi connectivity index (χ1v) is 8.03. The predicted octanol–water partition coefficient (Wildman–Crippen LogP) is 0.272. The van der Waals surface area contributed by atoms with Gasteiger partial charge in [0.25, 0.3) is 17.4 Å². The van der Waals surface area contributed by atoms with Crippen LogP contribution in [0.5, 0.6) is 0 Å². The van der Waals surface area contributed by atoms with Gasteiger partial charge < -0.3 is 10.00 Å². The van der Waals surface area contributed by atoms with Gasteiger partial charge in [-0.25, -0.2) is 0 Å². The van der Waals surface area contributed by atoms with Crippen LogP contribution in [0.1, 0.15) is 38.9 Å². The Morgan fingerprint density at radius 2 is 1.72 bits per heavy atom. The lowest BCUT2D eigenvalue weighted by Gasteiger charge is -2.31. The van der Waals surface area contributed by atoms with E-state index in [9.17, 15) is 19.2 Å². The number of fused-ring (bicyclic) bond motifs is 2. The summed E-state index contributed by atoms with van der Waals surface area (Å²) >= 11 is 0. The van der Waals surface area contributed by atoms with E-state index in [0.717, 1.165) is 10.6 Å². The van der Waals surface area contributed by atoms with Crippen LogP contribution in [-0.4, -0.2) is 50.3 Å². The van der Waals surface area contributed by atoms with Gasteiger partial charge in [0.2, 0.25) is 5.91 Å². The van der Waals surface area contributed by atoms with Gasteiger partial charge in [-0.05, 0) is 19.1 Å². The molecule has 1 aromatic heterocycles. The topological polar surface area (TPSA) is 106 Å². The molecular weight excluding hydrogens is 324 g/mol. The maximum absolute atomic E-state index is 12.8. The first kappa shape index (κ1) is 15.4. The van der Waals surface area contributed by atoms with Crippen molar-refractivity contribution >= 4 is 17.7 Å². The van der Waals surface area contributed by atoms with Crippen molar-refractivity contribution in [3.8, 4) is 0 Å². The van der Waals surface area contributed by atoms with Crippen molar-refractivity contribution in [2.24, 2.45) is 0 Å². The third kappa shape index (κ3) is 2.21. The molecule has 0 saturated heterocycles. The van der Waals surface area contributed by atoms with E-state index in [1.807, 2.05) is 0 Å². The van der Waals surface area contributed by atoms with Crippen LogP contribution in [0, 0.1) is 0 Å². The lowest BCUT2D eigenvalue weighted by Crippen LogP contribution is -2.50. The number of hydrogen-bond acceptors (Lipinski definition) is 4. The number of aromatic amines is 2.